The van der Waals surface area contributed by atoms with E-state index in [4.69, 9.17) is 14.2 Å². The molecule has 3 saturated carbocycles. The minimum atomic E-state index is -1.64. The minimum Gasteiger partial charge on any atom is -0.465 e. The number of fused-ring (bicyclic) bond motifs is 5. The van der Waals surface area contributed by atoms with Crippen molar-refractivity contribution in [2.75, 3.05) is 13.2 Å². The summed E-state index contributed by atoms with van der Waals surface area (Å²) in [6, 6.07) is 0. The van der Waals surface area contributed by atoms with Crippen molar-refractivity contribution >= 4 is 17.9 Å². The molecule has 7 nitrogen and oxygen atoms in total. The van der Waals surface area contributed by atoms with Gasteiger partial charge in [0.2, 0.25) is 0 Å². The Bertz CT molecular complexity index is 791. The fraction of sp³-hybridized carbons (Fsp3) is 0.875. The van der Waals surface area contributed by atoms with Crippen LogP contribution in [0.3, 0.4) is 0 Å². The maximum Gasteiger partial charge on any atom is 0.338 e. The molecule has 0 radical (unpaired) electrons. The number of carbonyl (C=O) groups is 3. The first-order valence-electron chi connectivity index (χ1n) is 11.6. The van der Waals surface area contributed by atoms with Crippen LogP contribution >= 0.6 is 0 Å². The predicted octanol–water partition coefficient (Wildman–Crippen LogP) is 3.02. The molecule has 3 aliphatic carbocycles. The van der Waals surface area contributed by atoms with E-state index in [1.54, 1.807) is 0 Å². The molecule has 0 aromatic rings. The van der Waals surface area contributed by atoms with Crippen LogP contribution in [0.15, 0.2) is 0 Å². The highest BCUT2D eigenvalue weighted by Gasteiger charge is 2.74. The molecule has 0 aromatic heterocycles. The van der Waals surface area contributed by atoms with E-state index in [0.29, 0.717) is 25.2 Å². The first-order valence-corrected chi connectivity index (χ1v) is 11.6. The number of carbonyl (C=O) groups excluding carboxylic acids is 3. The molecular formula is C24H36O7. The summed E-state index contributed by atoms with van der Waals surface area (Å²) in [5, 5.41) is 11.4. The van der Waals surface area contributed by atoms with Crippen LogP contribution in [0.25, 0.3) is 0 Å². The number of aliphatic hydroxyl groups is 1. The van der Waals surface area contributed by atoms with Crippen LogP contribution in [0.4, 0.5) is 0 Å². The smallest absolute Gasteiger partial charge is 0.338 e. The van der Waals surface area contributed by atoms with Crippen molar-refractivity contribution in [3.05, 3.63) is 0 Å². The van der Waals surface area contributed by atoms with Gasteiger partial charge in [-0.05, 0) is 54.8 Å². The molecule has 1 aliphatic heterocycles. The first kappa shape index (κ1) is 22.6. The van der Waals surface area contributed by atoms with Crippen molar-refractivity contribution in [2.45, 2.75) is 84.8 Å². The molecule has 7 heteroatoms. The lowest BCUT2D eigenvalue weighted by Gasteiger charge is -2.68. The van der Waals surface area contributed by atoms with Crippen LogP contribution in [0.2, 0.25) is 0 Å². The van der Waals surface area contributed by atoms with Gasteiger partial charge >= 0.3 is 17.9 Å². The van der Waals surface area contributed by atoms with Gasteiger partial charge in [0, 0.05) is 19.8 Å². The lowest BCUT2D eigenvalue weighted by atomic mass is 9.37. The molecule has 7 atom stereocenters. The van der Waals surface area contributed by atoms with Gasteiger partial charge in [-0.2, -0.15) is 0 Å². The second-order valence-corrected chi connectivity index (χ2v) is 11.3. The molecule has 4 fully saturated rings. The normalized spacial score (nSPS) is 45.5. The number of hydrogen-bond acceptors (Lipinski definition) is 7. The SMILES string of the molecule is CC(=O)OCC12C(OC(C)=O)CC3C(C)(C)CCCC3(C)C1CCC1(O)C(=O)OCC12. The highest BCUT2D eigenvalue weighted by atomic mass is 16.6. The van der Waals surface area contributed by atoms with E-state index in [1.165, 1.54) is 13.8 Å². The number of ether oxygens (including phenoxy) is 3. The Hall–Kier alpha value is -1.63. The van der Waals surface area contributed by atoms with Crippen molar-refractivity contribution in [2.24, 2.45) is 34.0 Å². The van der Waals surface area contributed by atoms with Crippen molar-refractivity contribution in [3.8, 4) is 0 Å². The molecule has 174 valence electrons. The summed E-state index contributed by atoms with van der Waals surface area (Å²) in [5.41, 5.74) is -2.50. The van der Waals surface area contributed by atoms with Crippen molar-refractivity contribution in [1.82, 2.24) is 0 Å². The number of rotatable bonds is 3. The third-order valence-electron chi connectivity index (χ3n) is 9.38. The first-order chi connectivity index (χ1) is 14.4. The van der Waals surface area contributed by atoms with Gasteiger partial charge in [-0.1, -0.05) is 27.2 Å². The largest absolute Gasteiger partial charge is 0.465 e. The third-order valence-corrected chi connectivity index (χ3v) is 9.38. The Morgan fingerprint density at radius 2 is 1.77 bits per heavy atom. The van der Waals surface area contributed by atoms with Crippen LogP contribution < -0.4 is 0 Å². The maximum absolute atomic E-state index is 12.6. The Morgan fingerprint density at radius 1 is 1.06 bits per heavy atom. The second kappa shape index (κ2) is 7.19. The highest BCUT2D eigenvalue weighted by Crippen LogP contribution is 2.70. The molecule has 0 amide bonds. The molecule has 0 aromatic carbocycles. The van der Waals surface area contributed by atoms with Crippen LogP contribution in [0.5, 0.6) is 0 Å². The highest BCUT2D eigenvalue weighted by molar-refractivity contribution is 5.82. The van der Waals surface area contributed by atoms with Gasteiger partial charge in [0.05, 0.1) is 12.0 Å². The Labute approximate surface area is 184 Å². The second-order valence-electron chi connectivity index (χ2n) is 11.3. The molecule has 4 aliphatic rings. The summed E-state index contributed by atoms with van der Waals surface area (Å²) >= 11 is 0. The summed E-state index contributed by atoms with van der Waals surface area (Å²) in [7, 11) is 0. The molecular weight excluding hydrogens is 400 g/mol. The fourth-order valence-corrected chi connectivity index (χ4v) is 8.19. The Balaban J connectivity index is 1.89. The lowest BCUT2D eigenvalue weighted by molar-refractivity contribution is -0.266. The number of cyclic esters (lactones) is 1. The van der Waals surface area contributed by atoms with Crippen molar-refractivity contribution in [3.63, 3.8) is 0 Å². The van der Waals surface area contributed by atoms with Gasteiger partial charge in [0.15, 0.2) is 5.60 Å². The van der Waals surface area contributed by atoms with E-state index in [2.05, 4.69) is 20.8 Å². The molecule has 0 bridgehead atoms. The van der Waals surface area contributed by atoms with E-state index in [9.17, 15) is 19.5 Å². The summed E-state index contributed by atoms with van der Waals surface area (Å²) in [5.74, 6) is -1.68. The summed E-state index contributed by atoms with van der Waals surface area (Å²) in [4.78, 5) is 36.7. The zero-order valence-electron chi connectivity index (χ0n) is 19.4. The third kappa shape index (κ3) is 3.13. The molecule has 1 saturated heterocycles. The van der Waals surface area contributed by atoms with Crippen molar-refractivity contribution in [1.29, 1.82) is 0 Å². The van der Waals surface area contributed by atoms with Gasteiger partial charge in [0.1, 0.15) is 12.7 Å². The standard InChI is InChI=1S/C24H36O7/c1-14(25)30-13-23-16(7-10-24(28)18(23)12-29-20(24)27)22(5)9-6-8-21(3,4)17(22)11-19(23)31-15(2)26/h16-19,28H,6-13H2,1-5H3. The van der Waals surface area contributed by atoms with Crippen LogP contribution in [0, 0.1) is 34.0 Å². The van der Waals surface area contributed by atoms with Crippen molar-refractivity contribution < 1.29 is 33.7 Å². The zero-order chi connectivity index (χ0) is 22.8. The van der Waals surface area contributed by atoms with Gasteiger partial charge in [-0.3, -0.25) is 9.59 Å². The average molecular weight is 437 g/mol. The molecule has 4 rings (SSSR count). The van der Waals surface area contributed by atoms with E-state index < -0.39 is 40.9 Å². The molecule has 1 heterocycles. The molecule has 1 N–H and O–H groups in total. The van der Waals surface area contributed by atoms with Crippen LogP contribution in [-0.4, -0.2) is 47.9 Å². The van der Waals surface area contributed by atoms with E-state index in [-0.39, 0.29) is 30.0 Å². The van der Waals surface area contributed by atoms with Crippen LogP contribution in [-0.2, 0) is 28.6 Å². The predicted molar refractivity (Wildman–Crippen MR) is 111 cm³/mol. The summed E-state index contributed by atoms with van der Waals surface area (Å²) < 4.78 is 17.0. The summed E-state index contributed by atoms with van der Waals surface area (Å²) in [6.07, 6.45) is 4.22. The average Bonchev–Trinajstić information content (AvgIpc) is 2.96. The van der Waals surface area contributed by atoms with Gasteiger partial charge in [0.25, 0.3) is 0 Å². The Morgan fingerprint density at radius 3 is 2.42 bits per heavy atom. The molecule has 31 heavy (non-hydrogen) atoms. The Kier molecular flexibility index (Phi) is 5.23. The minimum absolute atomic E-state index is 0.0112. The summed E-state index contributed by atoms with van der Waals surface area (Å²) in [6.45, 7) is 9.71. The number of esters is 3. The van der Waals surface area contributed by atoms with E-state index in [0.717, 1.165) is 19.3 Å². The van der Waals surface area contributed by atoms with Gasteiger partial charge in [-0.15, -0.1) is 0 Å². The fourth-order valence-electron chi connectivity index (χ4n) is 8.19. The van der Waals surface area contributed by atoms with E-state index >= 15 is 0 Å². The molecule has 0 spiro atoms. The topological polar surface area (TPSA) is 99.1 Å². The number of hydrogen-bond donors (Lipinski definition) is 1. The lowest BCUT2D eigenvalue weighted by Crippen LogP contribution is -2.71. The zero-order valence-corrected chi connectivity index (χ0v) is 19.4. The van der Waals surface area contributed by atoms with E-state index in [1.807, 2.05) is 0 Å². The maximum atomic E-state index is 12.6. The van der Waals surface area contributed by atoms with Gasteiger partial charge < -0.3 is 19.3 Å². The van der Waals surface area contributed by atoms with Crippen LogP contribution in [0.1, 0.15) is 73.1 Å². The molecule has 7 unspecified atom stereocenters. The quantitative estimate of drug-likeness (QED) is 0.536. The van der Waals surface area contributed by atoms with Gasteiger partial charge in [-0.25, -0.2) is 4.79 Å². The monoisotopic (exact) mass is 436 g/mol.